The Labute approximate surface area is 141 Å². The third-order valence-corrected chi connectivity index (χ3v) is 4.08. The first-order valence-electron chi connectivity index (χ1n) is 7.92. The van der Waals surface area contributed by atoms with Gasteiger partial charge in [0.05, 0.1) is 13.2 Å². The van der Waals surface area contributed by atoms with E-state index in [0.717, 1.165) is 35.7 Å². The zero-order chi connectivity index (χ0) is 16.9. The van der Waals surface area contributed by atoms with Crippen molar-refractivity contribution in [2.24, 2.45) is 0 Å². The number of aryl methyl sites for hydroxylation is 1. The van der Waals surface area contributed by atoms with Crippen molar-refractivity contribution >= 4 is 23.4 Å². The van der Waals surface area contributed by atoms with E-state index < -0.39 is 0 Å². The first-order chi connectivity index (χ1) is 11.6. The number of rotatable bonds is 3. The lowest BCUT2D eigenvalue weighted by atomic mass is 10.1. The number of benzene rings is 1. The Hall–Kier alpha value is -2.67. The summed E-state index contributed by atoms with van der Waals surface area (Å²) in [5.41, 5.74) is 2.96. The van der Waals surface area contributed by atoms with Gasteiger partial charge in [0.15, 0.2) is 0 Å². The van der Waals surface area contributed by atoms with Gasteiger partial charge in [0, 0.05) is 24.8 Å². The molecule has 1 aromatic heterocycles. The van der Waals surface area contributed by atoms with Crippen LogP contribution in [0.2, 0.25) is 0 Å². The van der Waals surface area contributed by atoms with E-state index in [1.807, 2.05) is 32.0 Å². The molecule has 1 aliphatic rings. The molecule has 0 radical (unpaired) electrons. The fourth-order valence-electron chi connectivity index (χ4n) is 2.54. The van der Waals surface area contributed by atoms with Gasteiger partial charge in [-0.25, -0.2) is 14.8 Å². The number of aromatic nitrogens is 2. The van der Waals surface area contributed by atoms with Crippen molar-refractivity contribution < 1.29 is 9.53 Å². The van der Waals surface area contributed by atoms with Crippen molar-refractivity contribution in [3.63, 3.8) is 0 Å². The van der Waals surface area contributed by atoms with E-state index in [2.05, 4.69) is 25.5 Å². The fraction of sp³-hybridized carbons (Fsp3) is 0.353. The molecule has 0 atom stereocenters. The second-order valence-corrected chi connectivity index (χ2v) is 5.69. The minimum atomic E-state index is -0.324. The highest BCUT2D eigenvalue weighted by molar-refractivity contribution is 5.99. The first kappa shape index (κ1) is 16.2. The van der Waals surface area contributed by atoms with Crippen LogP contribution in [-0.2, 0) is 4.74 Å². The van der Waals surface area contributed by atoms with Crippen molar-refractivity contribution in [3.8, 4) is 0 Å². The van der Waals surface area contributed by atoms with Crippen LogP contribution in [0.15, 0.2) is 30.6 Å². The van der Waals surface area contributed by atoms with Gasteiger partial charge in [-0.1, -0.05) is 12.1 Å². The Morgan fingerprint density at radius 1 is 1.17 bits per heavy atom. The first-order valence-corrected chi connectivity index (χ1v) is 7.92. The Bertz CT molecular complexity index is 729. The van der Waals surface area contributed by atoms with E-state index in [4.69, 9.17) is 4.74 Å². The lowest BCUT2D eigenvalue weighted by Crippen LogP contribution is -2.36. The molecule has 24 heavy (non-hydrogen) atoms. The molecule has 7 nitrogen and oxygen atoms in total. The predicted molar refractivity (Wildman–Crippen MR) is 93.6 cm³/mol. The molecule has 2 heterocycles. The number of nitrogens with one attached hydrogen (secondary N) is 2. The molecule has 1 fully saturated rings. The van der Waals surface area contributed by atoms with E-state index in [0.29, 0.717) is 19.0 Å². The van der Waals surface area contributed by atoms with Crippen LogP contribution in [0.3, 0.4) is 0 Å². The average Bonchev–Trinajstić information content (AvgIpc) is 2.60. The van der Waals surface area contributed by atoms with Crippen molar-refractivity contribution in [2.75, 3.05) is 41.8 Å². The van der Waals surface area contributed by atoms with Gasteiger partial charge in [0.25, 0.3) is 0 Å². The van der Waals surface area contributed by atoms with E-state index in [9.17, 15) is 4.79 Å². The molecule has 126 valence electrons. The average molecular weight is 327 g/mol. The van der Waals surface area contributed by atoms with E-state index >= 15 is 0 Å². The van der Waals surface area contributed by atoms with Crippen LogP contribution in [-0.4, -0.2) is 42.3 Å². The molecule has 0 aliphatic carbocycles. The van der Waals surface area contributed by atoms with Crippen LogP contribution in [0.1, 0.15) is 11.1 Å². The van der Waals surface area contributed by atoms with Crippen LogP contribution in [0.5, 0.6) is 0 Å². The predicted octanol–water partition coefficient (Wildman–Crippen LogP) is 2.57. The van der Waals surface area contributed by atoms with E-state index in [1.165, 1.54) is 6.33 Å². The number of morpholine rings is 1. The lowest BCUT2D eigenvalue weighted by molar-refractivity contribution is 0.122. The molecule has 0 unspecified atom stereocenters. The van der Waals surface area contributed by atoms with Crippen molar-refractivity contribution in [3.05, 3.63) is 41.7 Å². The molecule has 0 bridgehead atoms. The maximum atomic E-state index is 12.2. The molecular formula is C17H21N5O2. The number of anilines is 3. The van der Waals surface area contributed by atoms with Gasteiger partial charge < -0.3 is 15.0 Å². The lowest BCUT2D eigenvalue weighted by Gasteiger charge is -2.27. The summed E-state index contributed by atoms with van der Waals surface area (Å²) in [4.78, 5) is 22.7. The molecule has 2 N–H and O–H groups in total. The molecule has 2 aromatic rings. The molecule has 0 saturated carbocycles. The monoisotopic (exact) mass is 327 g/mol. The number of nitrogens with zero attached hydrogens (tertiary/aromatic N) is 3. The molecule has 1 aliphatic heterocycles. The summed E-state index contributed by atoms with van der Waals surface area (Å²) >= 11 is 0. The second kappa shape index (κ2) is 7.27. The second-order valence-electron chi connectivity index (χ2n) is 5.69. The van der Waals surface area contributed by atoms with Gasteiger partial charge in [0.1, 0.15) is 18.0 Å². The summed E-state index contributed by atoms with van der Waals surface area (Å²) < 4.78 is 5.34. The molecule has 0 spiro atoms. The molecule has 1 aromatic carbocycles. The zero-order valence-corrected chi connectivity index (χ0v) is 13.9. The van der Waals surface area contributed by atoms with Crippen molar-refractivity contribution in [1.29, 1.82) is 0 Å². The van der Waals surface area contributed by atoms with Gasteiger partial charge in [-0.2, -0.15) is 0 Å². The number of urea groups is 1. The molecule has 2 amide bonds. The summed E-state index contributed by atoms with van der Waals surface area (Å²) in [5, 5.41) is 5.61. The Balaban J connectivity index is 1.67. The maximum Gasteiger partial charge on any atom is 0.324 e. The van der Waals surface area contributed by atoms with Gasteiger partial charge in [-0.3, -0.25) is 5.32 Å². The third kappa shape index (κ3) is 3.80. The summed E-state index contributed by atoms with van der Waals surface area (Å²) in [6.45, 7) is 6.92. The van der Waals surface area contributed by atoms with Crippen LogP contribution < -0.4 is 15.5 Å². The number of carbonyl (C=O) groups is 1. The Morgan fingerprint density at radius 2 is 1.96 bits per heavy atom. The minimum absolute atomic E-state index is 0.324. The zero-order valence-electron chi connectivity index (χ0n) is 13.9. The summed E-state index contributed by atoms with van der Waals surface area (Å²) in [7, 11) is 0. The van der Waals surface area contributed by atoms with Crippen LogP contribution in [0, 0.1) is 13.8 Å². The normalized spacial score (nSPS) is 14.3. The van der Waals surface area contributed by atoms with Crippen molar-refractivity contribution in [2.45, 2.75) is 13.8 Å². The number of carbonyl (C=O) groups excluding carboxylic acids is 1. The standard InChI is InChI=1S/C17H21N5O2/c1-12-4-3-5-14(13(12)2)20-17(23)21-15-10-16(19-11-18-15)22-6-8-24-9-7-22/h3-5,10-11H,6-9H2,1-2H3,(H2,18,19,20,21,23). The third-order valence-electron chi connectivity index (χ3n) is 4.08. The highest BCUT2D eigenvalue weighted by Gasteiger charge is 2.14. The molecular weight excluding hydrogens is 306 g/mol. The molecule has 1 saturated heterocycles. The largest absolute Gasteiger partial charge is 0.378 e. The number of hydrogen-bond acceptors (Lipinski definition) is 5. The van der Waals surface area contributed by atoms with Crippen molar-refractivity contribution in [1.82, 2.24) is 9.97 Å². The van der Waals surface area contributed by atoms with Crippen LogP contribution in [0.4, 0.5) is 22.1 Å². The Kier molecular flexibility index (Phi) is 4.90. The minimum Gasteiger partial charge on any atom is -0.378 e. The van der Waals surface area contributed by atoms with Gasteiger partial charge in [0.2, 0.25) is 0 Å². The fourth-order valence-corrected chi connectivity index (χ4v) is 2.54. The van der Waals surface area contributed by atoms with Gasteiger partial charge >= 0.3 is 6.03 Å². The topological polar surface area (TPSA) is 79.4 Å². The molecule has 3 rings (SSSR count). The van der Waals surface area contributed by atoms with Crippen LogP contribution >= 0.6 is 0 Å². The summed E-state index contributed by atoms with van der Waals surface area (Å²) in [6, 6.07) is 7.25. The highest BCUT2D eigenvalue weighted by Crippen LogP contribution is 2.19. The van der Waals surface area contributed by atoms with E-state index in [-0.39, 0.29) is 6.03 Å². The van der Waals surface area contributed by atoms with Gasteiger partial charge in [-0.05, 0) is 31.0 Å². The summed E-state index contributed by atoms with van der Waals surface area (Å²) in [6.07, 6.45) is 1.46. The maximum absolute atomic E-state index is 12.2. The quantitative estimate of drug-likeness (QED) is 0.906. The van der Waals surface area contributed by atoms with Crippen LogP contribution in [0.25, 0.3) is 0 Å². The summed E-state index contributed by atoms with van der Waals surface area (Å²) in [5.74, 6) is 1.25. The number of amides is 2. The Morgan fingerprint density at radius 3 is 2.75 bits per heavy atom. The number of ether oxygens (including phenoxy) is 1. The highest BCUT2D eigenvalue weighted by atomic mass is 16.5. The number of hydrogen-bond donors (Lipinski definition) is 2. The molecule has 7 heteroatoms. The van der Waals surface area contributed by atoms with Gasteiger partial charge in [-0.15, -0.1) is 0 Å². The SMILES string of the molecule is Cc1cccc(NC(=O)Nc2cc(N3CCOCC3)ncn2)c1C. The van der Waals surface area contributed by atoms with E-state index in [1.54, 1.807) is 6.07 Å². The smallest absolute Gasteiger partial charge is 0.324 e.